The van der Waals surface area contributed by atoms with Crippen LogP contribution in [0.3, 0.4) is 0 Å². The van der Waals surface area contributed by atoms with E-state index in [0.717, 1.165) is 4.88 Å². The molecule has 1 aromatic heterocycles. The van der Waals surface area contributed by atoms with Gasteiger partial charge in [0.05, 0.1) is 11.1 Å². The van der Waals surface area contributed by atoms with E-state index in [1.54, 1.807) is 35.6 Å². The Hall–Kier alpha value is -2.20. The van der Waals surface area contributed by atoms with Crippen LogP contribution in [0.4, 0.5) is 0 Å². The van der Waals surface area contributed by atoms with Crippen molar-refractivity contribution in [2.24, 2.45) is 0 Å². The highest BCUT2D eigenvalue weighted by molar-refractivity contribution is 7.12. The third-order valence-corrected chi connectivity index (χ3v) is 4.18. The number of fused-ring (bicyclic) bond motifs is 1. The zero-order chi connectivity index (χ0) is 14.1. The Kier molecular flexibility index (Phi) is 3.24. The number of thiophene rings is 1. The fourth-order valence-electron chi connectivity index (χ4n) is 2.22. The smallest absolute Gasteiger partial charge is 0.261 e. The molecule has 0 aliphatic carbocycles. The predicted octanol–water partition coefficient (Wildman–Crippen LogP) is 3.37. The SMILES string of the molecule is Cc1ccc(/C=C/CN2C(=O)c3ccccc3C2=O)s1. The van der Waals surface area contributed by atoms with Crippen LogP contribution in [0.15, 0.2) is 42.5 Å². The zero-order valence-electron chi connectivity index (χ0n) is 11.0. The number of aryl methyl sites for hydroxylation is 1. The van der Waals surface area contributed by atoms with Crippen molar-refractivity contribution in [3.63, 3.8) is 0 Å². The highest BCUT2D eigenvalue weighted by atomic mass is 32.1. The van der Waals surface area contributed by atoms with E-state index < -0.39 is 0 Å². The highest BCUT2D eigenvalue weighted by Crippen LogP contribution is 2.22. The Labute approximate surface area is 121 Å². The van der Waals surface area contributed by atoms with Gasteiger partial charge in [-0.15, -0.1) is 11.3 Å². The van der Waals surface area contributed by atoms with E-state index in [4.69, 9.17) is 0 Å². The lowest BCUT2D eigenvalue weighted by Crippen LogP contribution is -2.29. The zero-order valence-corrected chi connectivity index (χ0v) is 11.8. The van der Waals surface area contributed by atoms with Crippen LogP contribution in [0, 0.1) is 6.92 Å². The van der Waals surface area contributed by atoms with Crippen LogP contribution in [0.1, 0.15) is 30.5 Å². The van der Waals surface area contributed by atoms with Gasteiger partial charge in [-0.05, 0) is 37.3 Å². The molecule has 0 spiro atoms. The largest absolute Gasteiger partial charge is 0.270 e. The lowest BCUT2D eigenvalue weighted by molar-refractivity contribution is 0.0672. The summed E-state index contributed by atoms with van der Waals surface area (Å²) in [6, 6.07) is 11.0. The number of hydrogen-bond acceptors (Lipinski definition) is 3. The number of imide groups is 1. The first-order valence-corrected chi connectivity index (χ1v) is 7.16. The average Bonchev–Trinajstić information content (AvgIpc) is 2.97. The lowest BCUT2D eigenvalue weighted by atomic mass is 10.1. The van der Waals surface area contributed by atoms with Crippen LogP contribution in [0.2, 0.25) is 0 Å². The molecule has 2 amide bonds. The van der Waals surface area contributed by atoms with Crippen molar-refractivity contribution in [2.75, 3.05) is 6.54 Å². The van der Waals surface area contributed by atoms with Crippen LogP contribution in [0.25, 0.3) is 6.08 Å². The molecule has 0 fully saturated rings. The van der Waals surface area contributed by atoms with E-state index in [1.165, 1.54) is 9.78 Å². The number of amides is 2. The Morgan fingerprint density at radius 2 is 1.70 bits per heavy atom. The number of nitrogens with zero attached hydrogens (tertiary/aromatic N) is 1. The van der Waals surface area contributed by atoms with Crippen LogP contribution >= 0.6 is 11.3 Å². The second-order valence-electron chi connectivity index (χ2n) is 4.62. The van der Waals surface area contributed by atoms with E-state index in [0.29, 0.717) is 17.7 Å². The van der Waals surface area contributed by atoms with Gasteiger partial charge in [0, 0.05) is 16.3 Å². The Morgan fingerprint density at radius 1 is 1.05 bits per heavy atom. The van der Waals surface area contributed by atoms with Gasteiger partial charge in [-0.3, -0.25) is 14.5 Å². The summed E-state index contributed by atoms with van der Waals surface area (Å²) < 4.78 is 0. The van der Waals surface area contributed by atoms with Gasteiger partial charge in [-0.25, -0.2) is 0 Å². The van der Waals surface area contributed by atoms with E-state index in [1.807, 2.05) is 31.2 Å². The van der Waals surface area contributed by atoms with Crippen LogP contribution < -0.4 is 0 Å². The van der Waals surface area contributed by atoms with Crippen LogP contribution in [0.5, 0.6) is 0 Å². The highest BCUT2D eigenvalue weighted by Gasteiger charge is 2.33. The molecule has 1 aromatic carbocycles. The Bertz CT molecular complexity index is 680. The first-order valence-electron chi connectivity index (χ1n) is 6.35. The predicted molar refractivity (Wildman–Crippen MR) is 79.9 cm³/mol. The van der Waals surface area contributed by atoms with Gasteiger partial charge < -0.3 is 0 Å². The maximum Gasteiger partial charge on any atom is 0.261 e. The van der Waals surface area contributed by atoms with Gasteiger partial charge in [-0.2, -0.15) is 0 Å². The van der Waals surface area contributed by atoms with Crippen LogP contribution in [-0.2, 0) is 0 Å². The second-order valence-corrected chi connectivity index (χ2v) is 5.94. The first kappa shape index (κ1) is 12.8. The molecule has 0 saturated heterocycles. The van der Waals surface area contributed by atoms with Crippen molar-refractivity contribution in [1.29, 1.82) is 0 Å². The minimum Gasteiger partial charge on any atom is -0.270 e. The summed E-state index contributed by atoms with van der Waals surface area (Å²) >= 11 is 1.68. The topological polar surface area (TPSA) is 37.4 Å². The summed E-state index contributed by atoms with van der Waals surface area (Å²) in [4.78, 5) is 27.9. The van der Waals surface area contributed by atoms with Gasteiger partial charge in [0.1, 0.15) is 0 Å². The maximum absolute atomic E-state index is 12.1. The molecular weight excluding hydrogens is 270 g/mol. The first-order chi connectivity index (χ1) is 9.66. The molecule has 2 heterocycles. The van der Waals surface area contributed by atoms with Crippen molar-refractivity contribution < 1.29 is 9.59 Å². The molecule has 0 saturated carbocycles. The van der Waals surface area contributed by atoms with Gasteiger partial charge in [0.25, 0.3) is 11.8 Å². The third kappa shape index (κ3) is 2.18. The molecule has 3 rings (SSSR count). The molecule has 1 aliphatic heterocycles. The quantitative estimate of drug-likeness (QED) is 0.810. The molecule has 0 N–H and O–H groups in total. The molecule has 100 valence electrons. The van der Waals surface area contributed by atoms with Crippen molar-refractivity contribution in [1.82, 2.24) is 4.90 Å². The minimum absolute atomic E-state index is 0.211. The van der Waals surface area contributed by atoms with E-state index in [9.17, 15) is 9.59 Å². The molecule has 20 heavy (non-hydrogen) atoms. The summed E-state index contributed by atoms with van der Waals surface area (Å²) in [5.41, 5.74) is 0.996. The van der Waals surface area contributed by atoms with Crippen molar-refractivity contribution in [2.45, 2.75) is 6.92 Å². The molecule has 2 aromatic rings. The van der Waals surface area contributed by atoms with E-state index in [2.05, 4.69) is 0 Å². The monoisotopic (exact) mass is 283 g/mol. The van der Waals surface area contributed by atoms with Crippen LogP contribution in [-0.4, -0.2) is 23.3 Å². The van der Waals surface area contributed by atoms with Gasteiger partial charge >= 0.3 is 0 Å². The minimum atomic E-state index is -0.211. The number of carbonyl (C=O) groups is 2. The number of rotatable bonds is 3. The fraction of sp³-hybridized carbons (Fsp3) is 0.125. The molecule has 0 bridgehead atoms. The lowest BCUT2D eigenvalue weighted by Gasteiger charge is -2.10. The average molecular weight is 283 g/mol. The molecule has 0 unspecified atom stereocenters. The summed E-state index contributed by atoms with van der Waals surface area (Å²) in [5, 5.41) is 0. The van der Waals surface area contributed by atoms with Crippen molar-refractivity contribution in [3.05, 3.63) is 63.4 Å². The van der Waals surface area contributed by atoms with Gasteiger partial charge in [0.2, 0.25) is 0 Å². The summed E-state index contributed by atoms with van der Waals surface area (Å²) in [6.45, 7) is 2.36. The van der Waals surface area contributed by atoms with E-state index >= 15 is 0 Å². The molecule has 1 aliphatic rings. The Morgan fingerprint density at radius 3 is 2.25 bits per heavy atom. The van der Waals surface area contributed by atoms with Gasteiger partial charge in [-0.1, -0.05) is 18.2 Å². The Balaban J connectivity index is 1.75. The number of carbonyl (C=O) groups excluding carboxylic acids is 2. The van der Waals surface area contributed by atoms with Gasteiger partial charge in [0.15, 0.2) is 0 Å². The standard InChI is InChI=1S/C16H13NO2S/c1-11-8-9-12(20-11)5-4-10-17-15(18)13-6-2-3-7-14(13)16(17)19/h2-9H,10H2,1H3/b5-4+. The molecule has 0 atom stereocenters. The third-order valence-electron chi connectivity index (χ3n) is 3.21. The normalized spacial score (nSPS) is 14.3. The second kappa shape index (κ2) is 5.06. The molecular formula is C16H13NO2S. The molecule has 3 nitrogen and oxygen atoms in total. The fourth-order valence-corrected chi connectivity index (χ4v) is 3.03. The summed E-state index contributed by atoms with van der Waals surface area (Å²) in [7, 11) is 0. The van der Waals surface area contributed by atoms with Crippen molar-refractivity contribution >= 4 is 29.2 Å². The van der Waals surface area contributed by atoms with E-state index in [-0.39, 0.29) is 11.8 Å². The number of benzene rings is 1. The summed E-state index contributed by atoms with van der Waals surface area (Å²) in [5.74, 6) is -0.421. The van der Waals surface area contributed by atoms with Crippen molar-refractivity contribution in [3.8, 4) is 0 Å². The summed E-state index contributed by atoms with van der Waals surface area (Å²) in [6.07, 6.45) is 3.80. The molecule has 0 radical (unpaired) electrons. The molecule has 4 heteroatoms. The maximum atomic E-state index is 12.1. The number of hydrogen-bond donors (Lipinski definition) is 0.